The highest BCUT2D eigenvalue weighted by molar-refractivity contribution is 7.89. The Morgan fingerprint density at radius 1 is 1.03 bits per heavy atom. The van der Waals surface area contributed by atoms with Crippen LogP contribution < -0.4 is 10.6 Å². The minimum absolute atomic E-state index is 0.214. The van der Waals surface area contributed by atoms with E-state index in [1.165, 1.54) is 4.31 Å². The molecule has 2 N–H and O–H groups in total. The predicted molar refractivity (Wildman–Crippen MR) is 117 cm³/mol. The van der Waals surface area contributed by atoms with Crippen molar-refractivity contribution in [3.8, 4) is 0 Å². The summed E-state index contributed by atoms with van der Waals surface area (Å²) >= 11 is 0. The summed E-state index contributed by atoms with van der Waals surface area (Å²) in [6.07, 6.45) is 0.834. The average Bonchev–Trinajstić information content (AvgIpc) is 2.80. The van der Waals surface area contributed by atoms with E-state index in [0.717, 1.165) is 0 Å². The molecule has 31 heavy (non-hydrogen) atoms. The summed E-state index contributed by atoms with van der Waals surface area (Å²) in [5.41, 5.74) is 0.804. The molecule has 0 unspecified atom stereocenters. The molecule has 0 saturated carbocycles. The Balaban J connectivity index is 1.60. The van der Waals surface area contributed by atoms with E-state index in [1.807, 2.05) is 0 Å². The maximum absolute atomic E-state index is 12.8. The Morgan fingerprint density at radius 3 is 2.35 bits per heavy atom. The fraction of sp³-hybridized carbons (Fsp3) is 0.364. The van der Waals surface area contributed by atoms with E-state index < -0.39 is 10.0 Å². The van der Waals surface area contributed by atoms with Gasteiger partial charge in [0.25, 0.3) is 5.91 Å². The number of amides is 2. The number of nitrogens with zero attached hydrogens (tertiary/aromatic N) is 1. The van der Waals surface area contributed by atoms with Gasteiger partial charge in [-0.25, -0.2) is 8.42 Å². The second kappa shape index (κ2) is 10.5. The van der Waals surface area contributed by atoms with Crippen LogP contribution in [0.25, 0.3) is 0 Å². The van der Waals surface area contributed by atoms with Crippen LogP contribution in [-0.4, -0.2) is 57.9 Å². The minimum atomic E-state index is -3.56. The Bertz CT molecular complexity index is 1000. The SMILES string of the molecule is COCCNC(=O)c1ccccc1NC(=O)C1CCN(S(=O)(=O)c2ccccc2)CC1. The molecular formula is C22H27N3O5S. The van der Waals surface area contributed by atoms with Gasteiger partial charge in [-0.15, -0.1) is 0 Å². The fourth-order valence-electron chi connectivity index (χ4n) is 3.49. The van der Waals surface area contributed by atoms with Crippen LogP contribution in [0.5, 0.6) is 0 Å². The third kappa shape index (κ3) is 5.69. The van der Waals surface area contributed by atoms with Crippen LogP contribution in [0.4, 0.5) is 5.69 Å². The Hall–Kier alpha value is -2.75. The van der Waals surface area contributed by atoms with Gasteiger partial charge in [0.1, 0.15) is 0 Å². The van der Waals surface area contributed by atoms with Crippen molar-refractivity contribution in [2.75, 3.05) is 38.7 Å². The van der Waals surface area contributed by atoms with Crippen LogP contribution in [0.15, 0.2) is 59.5 Å². The summed E-state index contributed by atoms with van der Waals surface area (Å²) in [5, 5.41) is 5.58. The first-order valence-corrected chi connectivity index (χ1v) is 11.6. The standard InChI is InChI=1S/C22H27N3O5S/c1-30-16-13-23-22(27)19-9-5-6-10-20(19)24-21(26)17-11-14-25(15-12-17)31(28,29)18-7-3-2-4-8-18/h2-10,17H,11-16H2,1H3,(H,23,27)(H,24,26). The minimum Gasteiger partial charge on any atom is -0.383 e. The number of piperidine rings is 1. The largest absolute Gasteiger partial charge is 0.383 e. The van der Waals surface area contributed by atoms with Gasteiger partial charge in [0.05, 0.1) is 22.8 Å². The topological polar surface area (TPSA) is 105 Å². The average molecular weight is 446 g/mol. The predicted octanol–water partition coefficient (Wildman–Crippen LogP) is 2.10. The maximum atomic E-state index is 12.8. The number of hydrogen-bond acceptors (Lipinski definition) is 5. The van der Waals surface area contributed by atoms with Gasteiger partial charge in [-0.1, -0.05) is 30.3 Å². The number of carbonyl (C=O) groups is 2. The summed E-state index contributed by atoms with van der Waals surface area (Å²) < 4.78 is 31.9. The summed E-state index contributed by atoms with van der Waals surface area (Å²) in [6, 6.07) is 15.1. The van der Waals surface area contributed by atoms with Crippen LogP contribution in [0.3, 0.4) is 0 Å². The van der Waals surface area contributed by atoms with Gasteiger partial charge in [0.15, 0.2) is 0 Å². The van der Waals surface area contributed by atoms with Crippen molar-refractivity contribution in [1.29, 1.82) is 0 Å². The Labute approximate surface area is 182 Å². The van der Waals surface area contributed by atoms with Crippen molar-refractivity contribution in [1.82, 2.24) is 9.62 Å². The van der Waals surface area contributed by atoms with E-state index in [4.69, 9.17) is 4.74 Å². The fourth-order valence-corrected chi connectivity index (χ4v) is 4.98. The van der Waals surface area contributed by atoms with Gasteiger partial charge in [0.2, 0.25) is 15.9 Å². The number of para-hydroxylation sites is 1. The summed E-state index contributed by atoms with van der Waals surface area (Å²) in [5.74, 6) is -0.836. The molecule has 0 atom stereocenters. The van der Waals surface area contributed by atoms with Gasteiger partial charge < -0.3 is 15.4 Å². The molecule has 3 rings (SSSR count). The van der Waals surface area contributed by atoms with E-state index in [1.54, 1.807) is 61.7 Å². The normalized spacial score (nSPS) is 15.4. The Kier molecular flexibility index (Phi) is 7.78. The molecule has 2 aromatic carbocycles. The zero-order valence-corrected chi connectivity index (χ0v) is 18.2. The van der Waals surface area contributed by atoms with Crippen LogP contribution >= 0.6 is 0 Å². The van der Waals surface area contributed by atoms with Crippen molar-refractivity contribution < 1.29 is 22.7 Å². The summed E-state index contributed by atoms with van der Waals surface area (Å²) in [6.45, 7) is 1.31. The molecule has 0 aliphatic carbocycles. The number of anilines is 1. The maximum Gasteiger partial charge on any atom is 0.253 e. The van der Waals surface area contributed by atoms with E-state index >= 15 is 0 Å². The highest BCUT2D eigenvalue weighted by Crippen LogP contribution is 2.25. The first-order chi connectivity index (χ1) is 14.9. The van der Waals surface area contributed by atoms with E-state index in [-0.39, 0.29) is 35.7 Å². The molecule has 2 aromatic rings. The lowest BCUT2D eigenvalue weighted by molar-refractivity contribution is -0.120. The molecule has 1 fully saturated rings. The molecule has 1 aliphatic heterocycles. The molecule has 9 heteroatoms. The highest BCUT2D eigenvalue weighted by atomic mass is 32.2. The quantitative estimate of drug-likeness (QED) is 0.606. The van der Waals surface area contributed by atoms with E-state index in [2.05, 4.69) is 10.6 Å². The number of ether oxygens (including phenoxy) is 1. The highest BCUT2D eigenvalue weighted by Gasteiger charge is 2.32. The third-order valence-electron chi connectivity index (χ3n) is 5.23. The molecule has 0 spiro atoms. The lowest BCUT2D eigenvalue weighted by Gasteiger charge is -2.30. The van der Waals surface area contributed by atoms with Crippen molar-refractivity contribution in [3.63, 3.8) is 0 Å². The molecule has 2 amide bonds. The Morgan fingerprint density at radius 2 is 1.68 bits per heavy atom. The van der Waals surface area contributed by atoms with E-state index in [0.29, 0.717) is 37.2 Å². The molecule has 0 bridgehead atoms. The molecule has 8 nitrogen and oxygen atoms in total. The molecule has 1 heterocycles. The second-order valence-electron chi connectivity index (χ2n) is 7.27. The summed E-state index contributed by atoms with van der Waals surface area (Å²) in [4.78, 5) is 25.4. The van der Waals surface area contributed by atoms with Gasteiger partial charge >= 0.3 is 0 Å². The second-order valence-corrected chi connectivity index (χ2v) is 9.21. The molecular weight excluding hydrogens is 418 g/mol. The van der Waals surface area contributed by atoms with Gasteiger partial charge in [-0.3, -0.25) is 9.59 Å². The molecule has 166 valence electrons. The van der Waals surface area contributed by atoms with Crippen molar-refractivity contribution in [2.24, 2.45) is 5.92 Å². The summed E-state index contributed by atoms with van der Waals surface area (Å²) in [7, 11) is -2.01. The van der Waals surface area contributed by atoms with Gasteiger partial charge in [-0.2, -0.15) is 4.31 Å². The van der Waals surface area contributed by atoms with Crippen LogP contribution in [0.1, 0.15) is 23.2 Å². The smallest absolute Gasteiger partial charge is 0.253 e. The van der Waals surface area contributed by atoms with Crippen LogP contribution in [-0.2, 0) is 19.6 Å². The first kappa shape index (κ1) is 22.9. The number of sulfonamides is 1. The zero-order valence-electron chi connectivity index (χ0n) is 17.4. The third-order valence-corrected chi connectivity index (χ3v) is 7.14. The van der Waals surface area contributed by atoms with Crippen LogP contribution in [0, 0.1) is 5.92 Å². The number of rotatable bonds is 8. The molecule has 1 aliphatic rings. The number of methoxy groups -OCH3 is 1. The number of carbonyl (C=O) groups excluding carboxylic acids is 2. The molecule has 1 saturated heterocycles. The van der Waals surface area contributed by atoms with Crippen molar-refractivity contribution in [2.45, 2.75) is 17.7 Å². The van der Waals surface area contributed by atoms with E-state index in [9.17, 15) is 18.0 Å². The monoisotopic (exact) mass is 445 g/mol. The lowest BCUT2D eigenvalue weighted by atomic mass is 9.97. The van der Waals surface area contributed by atoms with Crippen molar-refractivity contribution in [3.05, 3.63) is 60.2 Å². The van der Waals surface area contributed by atoms with Gasteiger partial charge in [-0.05, 0) is 37.1 Å². The van der Waals surface area contributed by atoms with Crippen LogP contribution in [0.2, 0.25) is 0 Å². The zero-order chi connectivity index (χ0) is 22.3. The first-order valence-electron chi connectivity index (χ1n) is 10.2. The lowest BCUT2D eigenvalue weighted by Crippen LogP contribution is -2.41. The molecule has 0 aromatic heterocycles. The van der Waals surface area contributed by atoms with Gasteiger partial charge in [0, 0.05) is 32.7 Å². The number of hydrogen-bond donors (Lipinski definition) is 2. The molecule has 0 radical (unpaired) electrons. The number of nitrogens with one attached hydrogen (secondary N) is 2. The van der Waals surface area contributed by atoms with Crippen molar-refractivity contribution >= 4 is 27.5 Å². The number of benzene rings is 2.